The number of anilines is 2. The average Bonchev–Trinajstić information content (AvgIpc) is 3.68. The molecule has 2 aromatic carbocycles. The van der Waals surface area contributed by atoms with Crippen LogP contribution in [0.15, 0.2) is 76.4 Å². The molecule has 2 heterocycles. The van der Waals surface area contributed by atoms with Gasteiger partial charge in [-0.3, -0.25) is 4.79 Å². The van der Waals surface area contributed by atoms with Crippen LogP contribution < -0.4 is 22.4 Å². The van der Waals surface area contributed by atoms with Gasteiger partial charge in [0.25, 0.3) is 0 Å². The van der Waals surface area contributed by atoms with Crippen LogP contribution in [0.4, 0.5) is 11.5 Å². The van der Waals surface area contributed by atoms with E-state index in [9.17, 15) is 4.79 Å². The number of nitrogens with one attached hydrogen (secondary N) is 2. The molecule has 10 heteroatoms. The second-order valence-electron chi connectivity index (χ2n) is 9.09. The summed E-state index contributed by atoms with van der Waals surface area (Å²) in [5.74, 6) is 6.39. The minimum absolute atomic E-state index is 0.130. The first-order valence-electron chi connectivity index (χ1n) is 12.3. The lowest BCUT2D eigenvalue weighted by atomic mass is 9.93. The molecular formula is C28H29N7O3. The highest BCUT2D eigenvalue weighted by molar-refractivity contribution is 5.96. The Kier molecular flexibility index (Phi) is 6.80. The van der Waals surface area contributed by atoms with E-state index in [4.69, 9.17) is 20.8 Å². The van der Waals surface area contributed by atoms with Gasteiger partial charge in [0.05, 0.1) is 12.0 Å². The molecule has 0 unspecified atom stereocenters. The summed E-state index contributed by atoms with van der Waals surface area (Å²) in [7, 11) is 0. The average molecular weight is 512 g/mol. The number of rotatable bonds is 9. The van der Waals surface area contributed by atoms with E-state index in [2.05, 4.69) is 26.1 Å². The summed E-state index contributed by atoms with van der Waals surface area (Å²) in [6, 6.07) is 21.5. The molecule has 1 saturated carbocycles. The number of nitrogens with two attached hydrogens (primary N) is 2. The zero-order valence-electron chi connectivity index (χ0n) is 21.2. The van der Waals surface area contributed by atoms with E-state index in [0.717, 1.165) is 35.1 Å². The van der Waals surface area contributed by atoms with Gasteiger partial charge in [0.1, 0.15) is 22.9 Å². The smallest absolute Gasteiger partial charge is 0.316 e. The molecule has 194 valence electrons. The number of amidine groups is 1. The third-order valence-electron chi connectivity index (χ3n) is 6.65. The molecule has 0 radical (unpaired) electrons. The van der Waals surface area contributed by atoms with Crippen molar-refractivity contribution in [2.75, 3.05) is 11.9 Å². The van der Waals surface area contributed by atoms with E-state index in [1.807, 2.05) is 74.5 Å². The molecule has 1 aliphatic rings. The molecule has 0 bridgehead atoms. The SMILES string of the molecule is CCOC(=O)C1(c2ccc(-c3ccc(-c4onc(C)c4Nc4cccc(/C(N)=N/NN)n4)cc3)cc2)CC1. The maximum atomic E-state index is 12.4. The van der Waals surface area contributed by atoms with Crippen molar-refractivity contribution in [3.8, 4) is 22.5 Å². The molecule has 4 aromatic rings. The fraction of sp³-hybridized carbons (Fsp3) is 0.214. The number of aromatic nitrogens is 2. The highest BCUT2D eigenvalue weighted by Crippen LogP contribution is 2.49. The first-order chi connectivity index (χ1) is 18.4. The fourth-order valence-corrected chi connectivity index (χ4v) is 4.42. The summed E-state index contributed by atoms with van der Waals surface area (Å²) in [6.07, 6.45) is 1.66. The van der Waals surface area contributed by atoms with Gasteiger partial charge in [0.15, 0.2) is 11.6 Å². The predicted molar refractivity (Wildman–Crippen MR) is 145 cm³/mol. The first kappa shape index (κ1) is 25.0. The molecule has 38 heavy (non-hydrogen) atoms. The second kappa shape index (κ2) is 10.3. The number of hydrogen-bond donors (Lipinski definition) is 4. The molecule has 0 atom stereocenters. The van der Waals surface area contributed by atoms with Crippen LogP contribution in [-0.4, -0.2) is 28.6 Å². The number of ether oxygens (including phenoxy) is 1. The van der Waals surface area contributed by atoms with Crippen LogP contribution in [0.3, 0.4) is 0 Å². The standard InChI is InChI=1S/C28H29N7O3/c1-3-37-27(36)28(15-16-28)21-13-11-19(12-14-21)18-7-9-20(10-8-18)25-24(17(2)34-38-25)32-23-6-4-5-22(31-23)26(29)33-35-30/h4-14,35H,3,15-16,30H2,1-2H3,(H2,29,33)(H,31,32). The predicted octanol–water partition coefficient (Wildman–Crippen LogP) is 4.13. The highest BCUT2D eigenvalue weighted by atomic mass is 16.5. The number of benzene rings is 2. The zero-order valence-corrected chi connectivity index (χ0v) is 21.2. The van der Waals surface area contributed by atoms with Crippen molar-refractivity contribution >= 4 is 23.3 Å². The Hall–Kier alpha value is -4.70. The van der Waals surface area contributed by atoms with E-state index in [0.29, 0.717) is 35.3 Å². The highest BCUT2D eigenvalue weighted by Gasteiger charge is 2.52. The zero-order chi connectivity index (χ0) is 26.7. The van der Waals surface area contributed by atoms with Crippen molar-refractivity contribution in [3.05, 3.63) is 83.7 Å². The van der Waals surface area contributed by atoms with E-state index in [-0.39, 0.29) is 11.8 Å². The van der Waals surface area contributed by atoms with E-state index in [1.165, 1.54) is 0 Å². The van der Waals surface area contributed by atoms with Crippen LogP contribution in [0.25, 0.3) is 22.5 Å². The quantitative estimate of drug-likeness (QED) is 0.0853. The number of pyridine rings is 1. The van der Waals surface area contributed by atoms with Crippen LogP contribution >= 0.6 is 0 Å². The fourth-order valence-electron chi connectivity index (χ4n) is 4.42. The summed E-state index contributed by atoms with van der Waals surface area (Å²) >= 11 is 0. The third kappa shape index (κ3) is 4.81. The molecular weight excluding hydrogens is 482 g/mol. The van der Waals surface area contributed by atoms with E-state index in [1.54, 1.807) is 6.07 Å². The number of hydrazone groups is 1. The van der Waals surface area contributed by atoms with Crippen molar-refractivity contribution in [2.45, 2.75) is 32.1 Å². The minimum Gasteiger partial charge on any atom is -0.465 e. The summed E-state index contributed by atoms with van der Waals surface area (Å²) < 4.78 is 10.9. The third-order valence-corrected chi connectivity index (χ3v) is 6.65. The normalized spacial score (nSPS) is 14.1. The van der Waals surface area contributed by atoms with Gasteiger partial charge in [-0.15, -0.1) is 5.10 Å². The number of aryl methyl sites for hydroxylation is 1. The van der Waals surface area contributed by atoms with Crippen LogP contribution in [0.2, 0.25) is 0 Å². The number of nitrogens with zero attached hydrogens (tertiary/aromatic N) is 3. The van der Waals surface area contributed by atoms with Crippen LogP contribution in [0.5, 0.6) is 0 Å². The summed E-state index contributed by atoms with van der Waals surface area (Å²) in [5, 5.41) is 11.2. The summed E-state index contributed by atoms with van der Waals surface area (Å²) in [6.45, 7) is 4.08. The number of carbonyl (C=O) groups excluding carboxylic acids is 1. The van der Waals surface area contributed by atoms with Crippen LogP contribution in [0, 0.1) is 6.92 Å². The molecule has 10 nitrogen and oxygen atoms in total. The first-order valence-corrected chi connectivity index (χ1v) is 12.3. The molecule has 0 amide bonds. The van der Waals surface area contributed by atoms with E-state index < -0.39 is 5.41 Å². The van der Waals surface area contributed by atoms with Gasteiger partial charge in [0, 0.05) is 5.56 Å². The number of hydrogen-bond acceptors (Lipinski definition) is 9. The second-order valence-corrected chi connectivity index (χ2v) is 9.09. The molecule has 2 aromatic heterocycles. The lowest BCUT2D eigenvalue weighted by Crippen LogP contribution is -2.23. The molecule has 1 fully saturated rings. The van der Waals surface area contributed by atoms with Gasteiger partial charge in [-0.05, 0) is 55.5 Å². The van der Waals surface area contributed by atoms with Crippen molar-refractivity contribution in [3.63, 3.8) is 0 Å². The van der Waals surface area contributed by atoms with Crippen molar-refractivity contribution in [2.24, 2.45) is 16.7 Å². The Labute approximate surface area is 220 Å². The maximum absolute atomic E-state index is 12.4. The van der Waals surface area contributed by atoms with Crippen LogP contribution in [-0.2, 0) is 14.9 Å². The molecule has 0 spiro atoms. The molecule has 1 aliphatic carbocycles. The topological polar surface area (TPSA) is 154 Å². The van der Waals surface area contributed by atoms with Crippen LogP contribution in [0.1, 0.15) is 36.7 Å². The maximum Gasteiger partial charge on any atom is 0.316 e. The Morgan fingerprint density at radius 3 is 2.34 bits per heavy atom. The summed E-state index contributed by atoms with van der Waals surface area (Å²) in [4.78, 5) is 16.9. The molecule has 0 saturated heterocycles. The van der Waals surface area contributed by atoms with Gasteiger partial charge >= 0.3 is 5.97 Å². The van der Waals surface area contributed by atoms with Gasteiger partial charge in [-0.1, -0.05) is 59.8 Å². The van der Waals surface area contributed by atoms with Gasteiger partial charge in [-0.2, -0.15) is 0 Å². The minimum atomic E-state index is -0.472. The van der Waals surface area contributed by atoms with Crippen molar-refractivity contribution in [1.82, 2.24) is 15.7 Å². The Bertz CT molecular complexity index is 1470. The van der Waals surface area contributed by atoms with E-state index >= 15 is 0 Å². The van der Waals surface area contributed by atoms with Crippen molar-refractivity contribution < 1.29 is 14.1 Å². The Morgan fingerprint density at radius 1 is 1.05 bits per heavy atom. The molecule has 0 aliphatic heterocycles. The lowest BCUT2D eigenvalue weighted by molar-refractivity contribution is -0.146. The Balaban J connectivity index is 1.35. The lowest BCUT2D eigenvalue weighted by Gasteiger charge is -2.14. The Morgan fingerprint density at radius 2 is 1.71 bits per heavy atom. The number of hydrazine groups is 1. The van der Waals surface area contributed by atoms with Gasteiger partial charge in [-0.25, -0.2) is 16.4 Å². The largest absolute Gasteiger partial charge is 0.465 e. The number of esters is 1. The molecule has 6 N–H and O–H groups in total. The van der Waals surface area contributed by atoms with Crippen molar-refractivity contribution in [1.29, 1.82) is 0 Å². The van der Waals surface area contributed by atoms with Gasteiger partial charge in [0.2, 0.25) is 0 Å². The monoisotopic (exact) mass is 511 g/mol. The summed E-state index contributed by atoms with van der Waals surface area (Å²) in [5.41, 5.74) is 13.4. The van der Waals surface area contributed by atoms with Gasteiger partial charge < -0.3 is 20.3 Å². The molecule has 5 rings (SSSR count). The number of carbonyl (C=O) groups is 1.